The predicted octanol–water partition coefficient (Wildman–Crippen LogP) is 5.02. The van der Waals surface area contributed by atoms with Crippen molar-refractivity contribution in [3.8, 4) is 0 Å². The summed E-state index contributed by atoms with van der Waals surface area (Å²) in [5, 5.41) is 9.87. The monoisotopic (exact) mass is 478 g/mol. The van der Waals surface area contributed by atoms with Crippen LogP contribution in [0.3, 0.4) is 0 Å². The molecule has 0 spiro atoms. The molecule has 2 heterocycles. The molecule has 0 radical (unpaired) electrons. The number of rotatable bonds is 5. The number of ether oxygens (including phenoxy) is 1. The van der Waals surface area contributed by atoms with E-state index in [1.165, 1.54) is 19.3 Å². The first-order valence-corrected chi connectivity index (χ1v) is 12.7. The van der Waals surface area contributed by atoms with E-state index in [1.807, 2.05) is 48.3 Å². The van der Waals surface area contributed by atoms with Crippen LogP contribution in [0.1, 0.15) is 60.9 Å². The van der Waals surface area contributed by atoms with Gasteiger partial charge in [-0.05, 0) is 49.9 Å². The van der Waals surface area contributed by atoms with Crippen molar-refractivity contribution < 1.29 is 19.5 Å². The first kappa shape index (κ1) is 23.5. The van der Waals surface area contributed by atoms with Crippen LogP contribution in [-0.4, -0.2) is 54.3 Å². The van der Waals surface area contributed by atoms with Crippen molar-refractivity contribution >= 4 is 29.1 Å². The first-order valence-electron chi connectivity index (χ1n) is 12.7. The average molecular weight is 479 g/mol. The Labute approximate surface area is 206 Å². The lowest BCUT2D eigenvalue weighted by molar-refractivity contribution is 0.0696. The molecule has 2 N–H and O–H groups in total. The molecule has 1 saturated carbocycles. The maximum atomic E-state index is 13.1. The van der Waals surface area contributed by atoms with E-state index in [9.17, 15) is 14.8 Å². The molecule has 2 aromatic carbocycles. The summed E-state index contributed by atoms with van der Waals surface area (Å²) < 4.78 is 5.41. The smallest absolute Gasteiger partial charge is 0.414 e. The molecular formula is C27H34N4O4. The van der Waals surface area contributed by atoms with Crippen molar-refractivity contribution in [1.29, 1.82) is 0 Å². The van der Waals surface area contributed by atoms with Crippen molar-refractivity contribution in [3.63, 3.8) is 0 Å². The fourth-order valence-electron chi connectivity index (χ4n) is 5.76. The highest BCUT2D eigenvalue weighted by molar-refractivity contribution is 5.96. The zero-order valence-electron chi connectivity index (χ0n) is 20.3. The highest BCUT2D eigenvalue weighted by atomic mass is 16.6. The molecule has 1 aliphatic carbocycles. The van der Waals surface area contributed by atoms with E-state index in [1.54, 1.807) is 11.0 Å². The molecule has 0 atom stereocenters. The Hall–Kier alpha value is -3.26. The average Bonchev–Trinajstić information content (AvgIpc) is 2.92. The molecular weight excluding hydrogens is 444 g/mol. The number of nitrogens with one attached hydrogen (secondary N) is 1. The van der Waals surface area contributed by atoms with Crippen molar-refractivity contribution in [3.05, 3.63) is 53.6 Å². The van der Waals surface area contributed by atoms with Gasteiger partial charge in [-0.2, -0.15) is 0 Å². The predicted molar refractivity (Wildman–Crippen MR) is 135 cm³/mol. The van der Waals surface area contributed by atoms with Crippen LogP contribution in [0.5, 0.6) is 0 Å². The minimum absolute atomic E-state index is 0.0130. The summed E-state index contributed by atoms with van der Waals surface area (Å²) in [7, 11) is 1.88. The summed E-state index contributed by atoms with van der Waals surface area (Å²) >= 11 is 0. The van der Waals surface area contributed by atoms with Crippen molar-refractivity contribution in [1.82, 2.24) is 4.90 Å². The molecule has 0 aromatic heterocycles. The standard InChI is InChI=1S/C27H34N4O4/c1-29(21-8-3-2-4-9-21)26(32)19-11-12-25(23(17-19)28-34)30-15-13-22(14-16-30)31-24-10-6-5-7-20(24)18-35-27(31)33/h5-7,10-12,17,21-22,28,34H,2-4,8-9,13-16,18H2,1H3. The van der Waals surface area contributed by atoms with Gasteiger partial charge in [-0.25, -0.2) is 4.79 Å². The number of para-hydroxylation sites is 1. The van der Waals surface area contributed by atoms with Gasteiger partial charge in [0.15, 0.2) is 0 Å². The second-order valence-electron chi connectivity index (χ2n) is 9.82. The summed E-state index contributed by atoms with van der Waals surface area (Å²) in [6.45, 7) is 1.76. The zero-order valence-corrected chi connectivity index (χ0v) is 20.3. The molecule has 2 aromatic rings. The molecule has 2 fully saturated rings. The van der Waals surface area contributed by atoms with Gasteiger partial charge in [0.2, 0.25) is 0 Å². The molecule has 2 aliphatic heterocycles. The SMILES string of the molecule is CN(C(=O)c1ccc(N2CCC(N3C(=O)OCc4ccccc43)CC2)c(NO)c1)C1CCCCC1. The molecule has 0 bridgehead atoms. The van der Waals surface area contributed by atoms with Crippen molar-refractivity contribution in [2.45, 2.75) is 63.6 Å². The summed E-state index contributed by atoms with van der Waals surface area (Å²) in [5.74, 6) is -0.0130. The van der Waals surface area contributed by atoms with Crippen LogP contribution in [0.25, 0.3) is 0 Å². The zero-order chi connectivity index (χ0) is 24.4. The lowest BCUT2D eigenvalue weighted by Gasteiger charge is -2.41. The van der Waals surface area contributed by atoms with E-state index in [-0.39, 0.29) is 24.1 Å². The number of nitrogens with zero attached hydrogens (tertiary/aromatic N) is 3. The Bertz CT molecular complexity index is 1080. The highest BCUT2D eigenvalue weighted by Crippen LogP contribution is 2.35. The van der Waals surface area contributed by atoms with Gasteiger partial charge in [-0.15, -0.1) is 0 Å². The van der Waals surface area contributed by atoms with Crippen LogP contribution in [0.4, 0.5) is 21.9 Å². The van der Waals surface area contributed by atoms with Gasteiger partial charge < -0.3 is 14.5 Å². The first-order chi connectivity index (χ1) is 17.1. The topological polar surface area (TPSA) is 85.4 Å². The van der Waals surface area contributed by atoms with Gasteiger partial charge in [0.1, 0.15) is 6.61 Å². The van der Waals surface area contributed by atoms with Gasteiger partial charge >= 0.3 is 6.09 Å². The third kappa shape index (κ3) is 4.67. The fourth-order valence-corrected chi connectivity index (χ4v) is 5.76. The van der Waals surface area contributed by atoms with Crippen LogP contribution in [-0.2, 0) is 11.3 Å². The number of benzene rings is 2. The summed E-state index contributed by atoms with van der Waals surface area (Å²) in [6.07, 6.45) is 6.95. The van der Waals surface area contributed by atoms with Gasteiger partial charge in [0.05, 0.1) is 17.1 Å². The molecule has 5 rings (SSSR count). The Balaban J connectivity index is 1.28. The van der Waals surface area contributed by atoms with E-state index in [2.05, 4.69) is 10.4 Å². The molecule has 8 nitrogen and oxygen atoms in total. The molecule has 35 heavy (non-hydrogen) atoms. The van der Waals surface area contributed by atoms with Gasteiger partial charge in [0, 0.05) is 43.3 Å². The van der Waals surface area contributed by atoms with E-state index in [0.29, 0.717) is 17.9 Å². The molecule has 0 unspecified atom stereocenters. The largest absolute Gasteiger partial charge is 0.444 e. The maximum absolute atomic E-state index is 13.1. The lowest BCUT2D eigenvalue weighted by Crippen LogP contribution is -2.49. The minimum Gasteiger partial charge on any atom is -0.444 e. The van der Waals surface area contributed by atoms with E-state index in [4.69, 9.17) is 4.74 Å². The van der Waals surface area contributed by atoms with Crippen molar-refractivity contribution in [2.24, 2.45) is 0 Å². The van der Waals surface area contributed by atoms with Crippen LogP contribution in [0.15, 0.2) is 42.5 Å². The highest BCUT2D eigenvalue weighted by Gasteiger charge is 2.34. The number of hydrogen-bond acceptors (Lipinski definition) is 6. The quantitative estimate of drug-likeness (QED) is 0.587. The fraction of sp³-hybridized carbons (Fsp3) is 0.481. The van der Waals surface area contributed by atoms with Crippen LogP contribution in [0, 0.1) is 0 Å². The molecule has 186 valence electrons. The Kier molecular flexibility index (Phi) is 6.81. The number of anilines is 3. The second-order valence-corrected chi connectivity index (χ2v) is 9.82. The Morgan fingerprint density at radius 1 is 1.03 bits per heavy atom. The number of cyclic esters (lactones) is 1. The number of carbonyl (C=O) groups is 2. The Morgan fingerprint density at radius 3 is 2.51 bits per heavy atom. The third-order valence-electron chi connectivity index (χ3n) is 7.78. The van der Waals surface area contributed by atoms with Crippen LogP contribution >= 0.6 is 0 Å². The molecule has 2 amide bonds. The lowest BCUT2D eigenvalue weighted by atomic mass is 9.94. The summed E-state index contributed by atoms with van der Waals surface area (Å²) in [4.78, 5) is 31.5. The number of piperidine rings is 1. The molecule has 1 saturated heterocycles. The van der Waals surface area contributed by atoms with Gasteiger partial charge in [0.25, 0.3) is 5.91 Å². The normalized spacial score (nSPS) is 19.2. The van der Waals surface area contributed by atoms with Gasteiger partial charge in [-0.1, -0.05) is 37.5 Å². The Morgan fingerprint density at radius 2 is 1.77 bits per heavy atom. The second kappa shape index (κ2) is 10.2. The van der Waals surface area contributed by atoms with E-state index < -0.39 is 0 Å². The number of carbonyl (C=O) groups excluding carboxylic acids is 2. The van der Waals surface area contributed by atoms with Crippen LogP contribution < -0.4 is 15.3 Å². The summed E-state index contributed by atoms with van der Waals surface area (Å²) in [5.41, 5.74) is 6.21. The van der Waals surface area contributed by atoms with Crippen molar-refractivity contribution in [2.75, 3.05) is 35.4 Å². The number of hydrogen-bond donors (Lipinski definition) is 2. The molecule has 3 aliphatic rings. The van der Waals surface area contributed by atoms with E-state index in [0.717, 1.165) is 55.7 Å². The third-order valence-corrected chi connectivity index (χ3v) is 7.78. The molecule has 8 heteroatoms. The van der Waals surface area contributed by atoms with Crippen LogP contribution in [0.2, 0.25) is 0 Å². The van der Waals surface area contributed by atoms with E-state index >= 15 is 0 Å². The minimum atomic E-state index is -0.287. The maximum Gasteiger partial charge on any atom is 0.414 e. The summed E-state index contributed by atoms with van der Waals surface area (Å²) in [6, 6.07) is 13.7. The number of amides is 2. The number of fused-ring (bicyclic) bond motifs is 1. The van der Waals surface area contributed by atoms with Gasteiger partial charge in [-0.3, -0.25) is 20.4 Å².